The van der Waals surface area contributed by atoms with Crippen molar-refractivity contribution in [3.8, 4) is 0 Å². The monoisotopic (exact) mass is 345 g/mol. The fraction of sp³-hybridized carbons (Fsp3) is 0.882. The zero-order chi connectivity index (χ0) is 18.8. The summed E-state index contributed by atoms with van der Waals surface area (Å²) in [5, 5.41) is 5.47. The van der Waals surface area contributed by atoms with E-state index in [1.54, 1.807) is 0 Å². The van der Waals surface area contributed by atoms with Gasteiger partial charge in [0, 0.05) is 13.1 Å². The van der Waals surface area contributed by atoms with E-state index < -0.39 is 23.4 Å². The van der Waals surface area contributed by atoms with Crippen LogP contribution < -0.4 is 16.4 Å². The van der Waals surface area contributed by atoms with E-state index >= 15 is 0 Å². The summed E-state index contributed by atoms with van der Waals surface area (Å²) in [6.45, 7) is 12.5. The SMILES string of the molecule is CC(C)(C)OC(=O)NCCCCC(CN)CNC(=O)OC(C)(C)C. The minimum Gasteiger partial charge on any atom is -0.444 e. The molecule has 0 aliphatic carbocycles. The van der Waals surface area contributed by atoms with Crippen molar-refractivity contribution < 1.29 is 19.1 Å². The third-order valence-corrected chi connectivity index (χ3v) is 2.97. The van der Waals surface area contributed by atoms with Gasteiger partial charge in [-0.2, -0.15) is 0 Å². The number of carbonyl (C=O) groups is 2. The number of carbonyl (C=O) groups excluding carboxylic acids is 2. The predicted octanol–water partition coefficient (Wildman–Crippen LogP) is 2.78. The first-order valence-corrected chi connectivity index (χ1v) is 8.56. The molecule has 0 bridgehead atoms. The zero-order valence-corrected chi connectivity index (χ0v) is 16.0. The molecule has 0 aromatic rings. The number of hydrogen-bond donors (Lipinski definition) is 3. The topological polar surface area (TPSA) is 103 Å². The molecular formula is C17H35N3O4. The van der Waals surface area contributed by atoms with E-state index in [4.69, 9.17) is 15.2 Å². The van der Waals surface area contributed by atoms with Crippen LogP contribution in [-0.4, -0.2) is 43.0 Å². The van der Waals surface area contributed by atoms with E-state index in [0.717, 1.165) is 19.3 Å². The summed E-state index contributed by atoms with van der Waals surface area (Å²) in [7, 11) is 0. The van der Waals surface area contributed by atoms with Gasteiger partial charge in [0.15, 0.2) is 0 Å². The molecule has 1 unspecified atom stereocenters. The Hall–Kier alpha value is -1.50. The molecular weight excluding hydrogens is 310 g/mol. The lowest BCUT2D eigenvalue weighted by Gasteiger charge is -2.21. The van der Waals surface area contributed by atoms with Crippen LogP contribution in [0.5, 0.6) is 0 Å². The fourth-order valence-electron chi connectivity index (χ4n) is 1.91. The molecule has 0 aliphatic rings. The van der Waals surface area contributed by atoms with Crippen LogP contribution >= 0.6 is 0 Å². The largest absolute Gasteiger partial charge is 0.444 e. The average Bonchev–Trinajstić information content (AvgIpc) is 2.37. The minimum atomic E-state index is -0.504. The van der Waals surface area contributed by atoms with Crippen molar-refractivity contribution in [3.05, 3.63) is 0 Å². The molecule has 0 aromatic heterocycles. The standard InChI is InChI=1S/C17H35N3O4/c1-16(2,3)23-14(21)19-10-8-7-9-13(11-18)12-20-15(22)24-17(4,5)6/h13H,7-12,18H2,1-6H3,(H,19,21)(H,20,22). The van der Waals surface area contributed by atoms with E-state index in [9.17, 15) is 9.59 Å². The Morgan fingerprint density at radius 3 is 1.88 bits per heavy atom. The maximum atomic E-state index is 11.6. The average molecular weight is 345 g/mol. The number of rotatable bonds is 8. The summed E-state index contributed by atoms with van der Waals surface area (Å²) in [5.41, 5.74) is 4.75. The van der Waals surface area contributed by atoms with Crippen LogP contribution in [0.3, 0.4) is 0 Å². The highest BCUT2D eigenvalue weighted by molar-refractivity contribution is 5.67. The van der Waals surface area contributed by atoms with E-state index in [1.807, 2.05) is 41.5 Å². The lowest BCUT2D eigenvalue weighted by molar-refractivity contribution is 0.0508. The van der Waals surface area contributed by atoms with Gasteiger partial charge in [0.2, 0.25) is 0 Å². The summed E-state index contributed by atoms with van der Waals surface area (Å²) in [4.78, 5) is 23.1. The summed E-state index contributed by atoms with van der Waals surface area (Å²) in [5.74, 6) is 0.194. The smallest absolute Gasteiger partial charge is 0.407 e. The van der Waals surface area contributed by atoms with Gasteiger partial charge in [0.1, 0.15) is 11.2 Å². The van der Waals surface area contributed by atoms with Crippen LogP contribution in [0.1, 0.15) is 60.8 Å². The van der Waals surface area contributed by atoms with Crippen LogP contribution in [-0.2, 0) is 9.47 Å². The van der Waals surface area contributed by atoms with Crippen LogP contribution in [0, 0.1) is 5.92 Å². The molecule has 0 fully saturated rings. The molecule has 0 aliphatic heterocycles. The van der Waals surface area contributed by atoms with Crippen molar-refractivity contribution in [1.82, 2.24) is 10.6 Å². The Balaban J connectivity index is 3.83. The molecule has 0 spiro atoms. The Kier molecular flexibility index (Phi) is 9.73. The lowest BCUT2D eigenvalue weighted by atomic mass is 10.0. The second-order valence-corrected chi connectivity index (χ2v) is 7.91. The Labute approximate surface area is 146 Å². The fourth-order valence-corrected chi connectivity index (χ4v) is 1.91. The van der Waals surface area contributed by atoms with Gasteiger partial charge in [-0.15, -0.1) is 0 Å². The first kappa shape index (κ1) is 22.5. The van der Waals surface area contributed by atoms with Gasteiger partial charge in [-0.3, -0.25) is 0 Å². The highest BCUT2D eigenvalue weighted by atomic mass is 16.6. The van der Waals surface area contributed by atoms with E-state index in [1.165, 1.54) is 0 Å². The second-order valence-electron chi connectivity index (χ2n) is 7.91. The summed E-state index contributed by atoms with van der Waals surface area (Å²) in [6.07, 6.45) is 1.80. The number of amides is 2. The zero-order valence-electron chi connectivity index (χ0n) is 16.0. The molecule has 4 N–H and O–H groups in total. The van der Waals surface area contributed by atoms with Crippen molar-refractivity contribution in [3.63, 3.8) is 0 Å². The van der Waals surface area contributed by atoms with E-state index in [-0.39, 0.29) is 5.92 Å². The first-order valence-electron chi connectivity index (χ1n) is 8.56. The van der Waals surface area contributed by atoms with Gasteiger partial charge in [-0.25, -0.2) is 9.59 Å². The molecule has 0 radical (unpaired) electrons. The summed E-state index contributed by atoms with van der Waals surface area (Å²) < 4.78 is 10.3. The summed E-state index contributed by atoms with van der Waals surface area (Å²) in [6, 6.07) is 0. The number of ether oxygens (including phenoxy) is 2. The predicted molar refractivity (Wildman–Crippen MR) is 94.9 cm³/mol. The quantitative estimate of drug-likeness (QED) is 0.587. The molecule has 142 valence electrons. The van der Waals surface area contributed by atoms with E-state index in [2.05, 4.69) is 10.6 Å². The van der Waals surface area contributed by atoms with Crippen molar-refractivity contribution in [2.45, 2.75) is 72.0 Å². The molecule has 7 heteroatoms. The van der Waals surface area contributed by atoms with E-state index in [0.29, 0.717) is 19.6 Å². The van der Waals surface area contributed by atoms with Gasteiger partial charge < -0.3 is 25.8 Å². The lowest BCUT2D eigenvalue weighted by Crippen LogP contribution is -2.37. The molecule has 0 rings (SSSR count). The molecule has 24 heavy (non-hydrogen) atoms. The Morgan fingerprint density at radius 1 is 0.917 bits per heavy atom. The minimum absolute atomic E-state index is 0.194. The normalized spacial score (nSPS) is 13.1. The van der Waals surface area contributed by atoms with Crippen molar-refractivity contribution in [2.75, 3.05) is 19.6 Å². The number of alkyl carbamates (subject to hydrolysis) is 2. The molecule has 2 amide bonds. The Bertz CT molecular complexity index is 386. The van der Waals surface area contributed by atoms with Crippen molar-refractivity contribution in [2.24, 2.45) is 11.7 Å². The molecule has 1 atom stereocenters. The number of hydrogen-bond acceptors (Lipinski definition) is 5. The summed E-state index contributed by atoms with van der Waals surface area (Å²) >= 11 is 0. The highest BCUT2D eigenvalue weighted by Gasteiger charge is 2.17. The van der Waals surface area contributed by atoms with Gasteiger partial charge in [-0.05, 0) is 66.8 Å². The molecule has 0 heterocycles. The van der Waals surface area contributed by atoms with Gasteiger partial charge >= 0.3 is 12.2 Å². The van der Waals surface area contributed by atoms with Gasteiger partial charge in [0.05, 0.1) is 0 Å². The maximum absolute atomic E-state index is 11.6. The molecule has 0 saturated carbocycles. The van der Waals surface area contributed by atoms with Gasteiger partial charge in [0.25, 0.3) is 0 Å². The maximum Gasteiger partial charge on any atom is 0.407 e. The Morgan fingerprint density at radius 2 is 1.42 bits per heavy atom. The van der Waals surface area contributed by atoms with Crippen LogP contribution in [0.25, 0.3) is 0 Å². The highest BCUT2D eigenvalue weighted by Crippen LogP contribution is 2.09. The molecule has 7 nitrogen and oxygen atoms in total. The molecule has 0 saturated heterocycles. The third kappa shape index (κ3) is 14.1. The van der Waals surface area contributed by atoms with Crippen LogP contribution in [0.2, 0.25) is 0 Å². The van der Waals surface area contributed by atoms with Gasteiger partial charge in [-0.1, -0.05) is 6.42 Å². The van der Waals surface area contributed by atoms with Crippen molar-refractivity contribution in [1.29, 1.82) is 0 Å². The number of nitrogens with two attached hydrogens (primary N) is 1. The second kappa shape index (κ2) is 10.4. The van der Waals surface area contributed by atoms with Crippen LogP contribution in [0.15, 0.2) is 0 Å². The third-order valence-electron chi connectivity index (χ3n) is 2.97. The first-order chi connectivity index (χ1) is 10.9. The molecule has 0 aromatic carbocycles. The van der Waals surface area contributed by atoms with Crippen molar-refractivity contribution >= 4 is 12.2 Å². The number of nitrogens with one attached hydrogen (secondary N) is 2. The van der Waals surface area contributed by atoms with Crippen LogP contribution in [0.4, 0.5) is 9.59 Å². The number of unbranched alkanes of at least 4 members (excludes halogenated alkanes) is 1.